The normalized spacial score (nSPS) is 12.4. The second-order valence-corrected chi connectivity index (χ2v) is 6.78. The summed E-state index contributed by atoms with van der Waals surface area (Å²) in [5.74, 6) is -0.603. The van der Waals surface area contributed by atoms with Crippen molar-refractivity contribution in [3.05, 3.63) is 24.0 Å². The Balaban J connectivity index is 3.11. The highest BCUT2D eigenvalue weighted by Gasteiger charge is 2.28. The van der Waals surface area contributed by atoms with Crippen molar-refractivity contribution in [3.8, 4) is 5.75 Å². The van der Waals surface area contributed by atoms with Crippen LogP contribution in [0.25, 0.3) is 0 Å². The van der Waals surface area contributed by atoms with Crippen LogP contribution in [0.2, 0.25) is 0 Å². The monoisotopic (exact) mass is 320 g/mol. The molecule has 0 aliphatic rings. The second kappa shape index (κ2) is 7.17. The van der Waals surface area contributed by atoms with Crippen LogP contribution >= 0.6 is 0 Å². The molecule has 120 valence electrons. The first-order chi connectivity index (χ1) is 9.72. The van der Waals surface area contributed by atoms with Gasteiger partial charge in [-0.15, -0.1) is 0 Å². The Labute approximate surface area is 124 Å². The van der Waals surface area contributed by atoms with Gasteiger partial charge in [0.2, 0.25) is 10.0 Å². The molecule has 0 unspecified atom stereocenters. The Morgan fingerprint density at radius 2 is 2.00 bits per heavy atom. The van der Waals surface area contributed by atoms with E-state index in [1.54, 1.807) is 13.8 Å². The van der Waals surface area contributed by atoms with Gasteiger partial charge in [-0.05, 0) is 32.0 Å². The van der Waals surface area contributed by atoms with Crippen molar-refractivity contribution < 1.29 is 22.3 Å². The van der Waals surface area contributed by atoms with E-state index in [1.807, 2.05) is 0 Å². The van der Waals surface area contributed by atoms with E-state index in [4.69, 9.17) is 15.2 Å². The molecule has 1 aromatic rings. The number of sulfonamides is 1. The van der Waals surface area contributed by atoms with Gasteiger partial charge in [-0.3, -0.25) is 0 Å². The van der Waals surface area contributed by atoms with Crippen LogP contribution in [0, 0.1) is 5.82 Å². The van der Waals surface area contributed by atoms with Crippen molar-refractivity contribution in [1.82, 2.24) is 4.72 Å². The van der Waals surface area contributed by atoms with Crippen molar-refractivity contribution in [3.63, 3.8) is 0 Å². The van der Waals surface area contributed by atoms with Crippen LogP contribution in [-0.2, 0) is 14.8 Å². The van der Waals surface area contributed by atoms with Crippen LogP contribution < -0.4 is 15.2 Å². The summed E-state index contributed by atoms with van der Waals surface area (Å²) >= 11 is 0. The molecule has 0 radical (unpaired) electrons. The van der Waals surface area contributed by atoms with Crippen LogP contribution in [0.3, 0.4) is 0 Å². The lowest BCUT2D eigenvalue weighted by atomic mass is 10.1. The number of halogens is 1. The molecule has 0 saturated carbocycles. The lowest BCUT2D eigenvalue weighted by molar-refractivity contribution is 0.144. The Hall–Kier alpha value is -1.22. The van der Waals surface area contributed by atoms with Crippen LogP contribution in [0.1, 0.15) is 13.8 Å². The maximum atomic E-state index is 13.4. The van der Waals surface area contributed by atoms with E-state index in [-0.39, 0.29) is 23.8 Å². The van der Waals surface area contributed by atoms with Gasteiger partial charge in [-0.25, -0.2) is 17.5 Å². The molecule has 0 spiro atoms. The van der Waals surface area contributed by atoms with Gasteiger partial charge in [0.1, 0.15) is 23.1 Å². The Morgan fingerprint density at radius 3 is 2.57 bits per heavy atom. The molecular weight excluding hydrogens is 299 g/mol. The van der Waals surface area contributed by atoms with Crippen molar-refractivity contribution in [2.24, 2.45) is 5.73 Å². The maximum absolute atomic E-state index is 13.4. The minimum atomic E-state index is -3.96. The van der Waals surface area contributed by atoms with E-state index in [1.165, 1.54) is 13.2 Å². The molecule has 8 heteroatoms. The van der Waals surface area contributed by atoms with E-state index in [0.717, 1.165) is 12.1 Å². The first-order valence-corrected chi connectivity index (χ1v) is 7.85. The number of hydrogen-bond acceptors (Lipinski definition) is 5. The molecule has 6 nitrogen and oxygen atoms in total. The standard InChI is InChI=1S/C13H21FN2O4S/c1-13(2,9-15)16-21(17,18)12-8-10(14)4-5-11(12)20-7-6-19-3/h4-5,8,16H,6-7,9,15H2,1-3H3. The largest absolute Gasteiger partial charge is 0.490 e. The zero-order valence-corrected chi connectivity index (χ0v) is 13.2. The predicted molar refractivity (Wildman–Crippen MR) is 77.2 cm³/mol. The number of methoxy groups -OCH3 is 1. The number of rotatable bonds is 8. The number of hydrogen-bond donors (Lipinski definition) is 2. The highest BCUT2D eigenvalue weighted by atomic mass is 32.2. The molecule has 0 fully saturated rings. The molecule has 0 aromatic heterocycles. The quantitative estimate of drug-likeness (QED) is 0.694. The fourth-order valence-electron chi connectivity index (χ4n) is 1.51. The molecule has 0 heterocycles. The highest BCUT2D eigenvalue weighted by Crippen LogP contribution is 2.25. The lowest BCUT2D eigenvalue weighted by Gasteiger charge is -2.24. The van der Waals surface area contributed by atoms with Gasteiger partial charge in [-0.2, -0.15) is 0 Å². The fourth-order valence-corrected chi connectivity index (χ4v) is 3.09. The lowest BCUT2D eigenvalue weighted by Crippen LogP contribution is -2.48. The summed E-state index contributed by atoms with van der Waals surface area (Å²) in [7, 11) is -2.46. The van der Waals surface area contributed by atoms with Crippen molar-refractivity contribution in [2.75, 3.05) is 26.9 Å². The zero-order valence-electron chi connectivity index (χ0n) is 12.3. The summed E-state index contributed by atoms with van der Waals surface area (Å²) < 4.78 is 50.7. The first kappa shape index (κ1) is 17.8. The Morgan fingerprint density at radius 1 is 1.33 bits per heavy atom. The predicted octanol–water partition coefficient (Wildman–Crippen LogP) is 0.867. The zero-order chi connectivity index (χ0) is 16.1. The van der Waals surface area contributed by atoms with E-state index in [0.29, 0.717) is 6.61 Å². The summed E-state index contributed by atoms with van der Waals surface area (Å²) in [6.45, 7) is 3.82. The first-order valence-electron chi connectivity index (χ1n) is 6.37. The van der Waals surface area contributed by atoms with Gasteiger partial charge < -0.3 is 15.2 Å². The van der Waals surface area contributed by atoms with Crippen molar-refractivity contribution in [1.29, 1.82) is 0 Å². The Kier molecular flexibility index (Phi) is 6.09. The van der Waals surface area contributed by atoms with E-state index < -0.39 is 21.4 Å². The fraction of sp³-hybridized carbons (Fsp3) is 0.538. The van der Waals surface area contributed by atoms with Gasteiger partial charge in [0, 0.05) is 19.2 Å². The molecule has 0 saturated heterocycles. The minimum Gasteiger partial charge on any atom is -0.490 e. The van der Waals surface area contributed by atoms with E-state index >= 15 is 0 Å². The average Bonchev–Trinajstić information content (AvgIpc) is 2.39. The van der Waals surface area contributed by atoms with Crippen LogP contribution in [0.5, 0.6) is 5.75 Å². The molecule has 1 rings (SSSR count). The smallest absolute Gasteiger partial charge is 0.244 e. The van der Waals surface area contributed by atoms with Crippen molar-refractivity contribution >= 4 is 10.0 Å². The summed E-state index contributed by atoms with van der Waals surface area (Å²) in [6.07, 6.45) is 0. The summed E-state index contributed by atoms with van der Waals surface area (Å²) in [4.78, 5) is -0.264. The van der Waals surface area contributed by atoms with Gasteiger partial charge in [0.25, 0.3) is 0 Å². The molecular formula is C13H21FN2O4S. The average molecular weight is 320 g/mol. The van der Waals surface area contributed by atoms with Crippen LogP contribution in [0.4, 0.5) is 4.39 Å². The topological polar surface area (TPSA) is 90.6 Å². The van der Waals surface area contributed by atoms with Gasteiger partial charge in [-0.1, -0.05) is 0 Å². The van der Waals surface area contributed by atoms with Gasteiger partial charge >= 0.3 is 0 Å². The van der Waals surface area contributed by atoms with Gasteiger partial charge in [0.15, 0.2) is 0 Å². The maximum Gasteiger partial charge on any atom is 0.244 e. The SMILES string of the molecule is COCCOc1ccc(F)cc1S(=O)(=O)NC(C)(C)CN. The van der Waals surface area contributed by atoms with Gasteiger partial charge in [0.05, 0.1) is 6.61 Å². The molecule has 0 aliphatic carbocycles. The number of ether oxygens (including phenoxy) is 2. The minimum absolute atomic E-state index is 0.0637. The molecule has 0 amide bonds. The van der Waals surface area contributed by atoms with Crippen LogP contribution in [-0.4, -0.2) is 40.8 Å². The van der Waals surface area contributed by atoms with Crippen LogP contribution in [0.15, 0.2) is 23.1 Å². The second-order valence-electron chi connectivity index (χ2n) is 5.13. The molecule has 0 bridgehead atoms. The van der Waals surface area contributed by atoms with E-state index in [9.17, 15) is 12.8 Å². The summed E-state index contributed by atoms with van der Waals surface area (Å²) in [5.41, 5.74) is 4.66. The molecule has 1 aromatic carbocycles. The van der Waals surface area contributed by atoms with Crippen molar-refractivity contribution in [2.45, 2.75) is 24.3 Å². The molecule has 21 heavy (non-hydrogen) atoms. The third kappa shape index (κ3) is 5.24. The summed E-state index contributed by atoms with van der Waals surface area (Å²) in [5, 5.41) is 0. The summed E-state index contributed by atoms with van der Waals surface area (Å²) in [6, 6.07) is 3.32. The Bertz CT molecular complexity index is 576. The molecule has 0 atom stereocenters. The third-order valence-corrected chi connectivity index (χ3v) is 4.38. The van der Waals surface area contributed by atoms with E-state index in [2.05, 4.69) is 4.72 Å². The molecule has 3 N–H and O–H groups in total. The highest BCUT2D eigenvalue weighted by molar-refractivity contribution is 7.89. The molecule has 0 aliphatic heterocycles. The number of benzene rings is 1. The third-order valence-electron chi connectivity index (χ3n) is 2.66. The number of nitrogens with one attached hydrogen (secondary N) is 1. The number of nitrogens with two attached hydrogens (primary N) is 1.